The van der Waals surface area contributed by atoms with Crippen molar-refractivity contribution in [2.45, 2.75) is 33.7 Å². The van der Waals surface area contributed by atoms with Crippen molar-refractivity contribution in [2.75, 3.05) is 11.9 Å². The van der Waals surface area contributed by atoms with E-state index in [1.54, 1.807) is 6.07 Å². The molecule has 0 bridgehead atoms. The first kappa shape index (κ1) is 15.2. The van der Waals surface area contributed by atoms with Crippen LogP contribution in [0.3, 0.4) is 0 Å². The summed E-state index contributed by atoms with van der Waals surface area (Å²) in [4.78, 5) is 0. The van der Waals surface area contributed by atoms with E-state index in [2.05, 4.69) is 37.4 Å². The minimum atomic E-state index is 0.221. The van der Waals surface area contributed by atoms with E-state index in [0.29, 0.717) is 18.9 Å². The first-order valence-electron chi connectivity index (χ1n) is 7.43. The minimum absolute atomic E-state index is 0.221. The van der Waals surface area contributed by atoms with E-state index >= 15 is 0 Å². The predicted octanol–water partition coefficient (Wildman–Crippen LogP) is 4.27. The quantitative estimate of drug-likeness (QED) is 0.832. The average Bonchev–Trinajstić information content (AvgIpc) is 2.49. The van der Waals surface area contributed by atoms with Gasteiger partial charge in [-0.15, -0.1) is 0 Å². The van der Waals surface area contributed by atoms with Crippen LogP contribution in [0.25, 0.3) is 0 Å². The van der Waals surface area contributed by atoms with Crippen molar-refractivity contribution < 1.29 is 9.84 Å². The van der Waals surface area contributed by atoms with Crippen LogP contribution in [0.2, 0.25) is 0 Å². The Morgan fingerprint density at radius 1 is 1.05 bits per heavy atom. The third-order valence-corrected chi connectivity index (χ3v) is 3.58. The molecule has 2 aromatic carbocycles. The van der Waals surface area contributed by atoms with Crippen molar-refractivity contribution in [1.29, 1.82) is 0 Å². The molecule has 0 saturated heterocycles. The van der Waals surface area contributed by atoms with Crippen LogP contribution in [-0.2, 0) is 13.0 Å². The second kappa shape index (κ2) is 7.02. The van der Waals surface area contributed by atoms with Crippen molar-refractivity contribution in [3.05, 3.63) is 53.1 Å². The Balaban J connectivity index is 2.19. The Hall–Kier alpha value is -2.16. The maximum absolute atomic E-state index is 10.2. The van der Waals surface area contributed by atoms with Crippen LogP contribution in [0, 0.1) is 6.92 Å². The normalized spacial score (nSPS) is 10.4. The number of aromatic hydroxyl groups is 1. The van der Waals surface area contributed by atoms with Crippen LogP contribution in [0.5, 0.6) is 11.5 Å². The van der Waals surface area contributed by atoms with E-state index in [-0.39, 0.29) is 5.75 Å². The largest absolute Gasteiger partial charge is 0.504 e. The Morgan fingerprint density at radius 2 is 1.76 bits per heavy atom. The number of benzene rings is 2. The van der Waals surface area contributed by atoms with Gasteiger partial charge in [-0.2, -0.15) is 0 Å². The van der Waals surface area contributed by atoms with Crippen molar-refractivity contribution in [3.8, 4) is 11.5 Å². The van der Waals surface area contributed by atoms with Crippen molar-refractivity contribution >= 4 is 5.69 Å². The van der Waals surface area contributed by atoms with Crippen LogP contribution in [0.15, 0.2) is 36.4 Å². The summed E-state index contributed by atoms with van der Waals surface area (Å²) in [5.74, 6) is 0.760. The third-order valence-electron chi connectivity index (χ3n) is 3.58. The second-order valence-electron chi connectivity index (χ2n) is 5.01. The van der Waals surface area contributed by atoms with Gasteiger partial charge < -0.3 is 15.2 Å². The molecule has 112 valence electrons. The summed E-state index contributed by atoms with van der Waals surface area (Å²) in [6.45, 7) is 7.27. The number of rotatable bonds is 6. The lowest BCUT2D eigenvalue weighted by Crippen LogP contribution is -2.05. The minimum Gasteiger partial charge on any atom is -0.504 e. The smallest absolute Gasteiger partial charge is 0.162 e. The van der Waals surface area contributed by atoms with Crippen molar-refractivity contribution in [3.63, 3.8) is 0 Å². The summed E-state index contributed by atoms with van der Waals surface area (Å²) in [5, 5.41) is 13.7. The maximum atomic E-state index is 10.2. The van der Waals surface area contributed by atoms with Gasteiger partial charge in [-0.1, -0.05) is 37.3 Å². The summed E-state index contributed by atoms with van der Waals surface area (Å²) in [7, 11) is 0. The lowest BCUT2D eigenvalue weighted by atomic mass is 10.1. The molecule has 0 radical (unpaired) electrons. The van der Waals surface area contributed by atoms with Gasteiger partial charge in [-0.25, -0.2) is 0 Å². The molecule has 0 atom stereocenters. The number of hydrogen-bond donors (Lipinski definition) is 2. The number of para-hydroxylation sites is 2. The van der Waals surface area contributed by atoms with Crippen LogP contribution in [0.1, 0.15) is 30.5 Å². The van der Waals surface area contributed by atoms with Crippen LogP contribution < -0.4 is 10.1 Å². The summed E-state index contributed by atoms with van der Waals surface area (Å²) < 4.78 is 5.42. The van der Waals surface area contributed by atoms with E-state index in [4.69, 9.17) is 4.74 Å². The molecule has 0 heterocycles. The van der Waals surface area contributed by atoms with Gasteiger partial charge >= 0.3 is 0 Å². The highest BCUT2D eigenvalue weighted by molar-refractivity contribution is 5.58. The summed E-state index contributed by atoms with van der Waals surface area (Å²) in [6.07, 6.45) is 0.981. The lowest BCUT2D eigenvalue weighted by molar-refractivity contribution is 0.317. The van der Waals surface area contributed by atoms with Gasteiger partial charge in [0.05, 0.1) is 6.61 Å². The molecule has 0 aliphatic rings. The van der Waals surface area contributed by atoms with Crippen molar-refractivity contribution in [1.82, 2.24) is 0 Å². The molecule has 2 aromatic rings. The Labute approximate surface area is 126 Å². The number of anilines is 1. The number of nitrogens with one attached hydrogen (secondary N) is 1. The number of phenolic OH excluding ortho intramolecular Hbond substituents is 1. The topological polar surface area (TPSA) is 41.5 Å². The molecule has 0 amide bonds. The molecule has 3 nitrogen and oxygen atoms in total. The second-order valence-corrected chi connectivity index (χ2v) is 5.01. The molecule has 21 heavy (non-hydrogen) atoms. The van der Waals surface area contributed by atoms with Crippen LogP contribution >= 0.6 is 0 Å². The molecular formula is C18H23NO2. The lowest BCUT2D eigenvalue weighted by Gasteiger charge is -2.15. The molecule has 0 spiro atoms. The zero-order chi connectivity index (χ0) is 15.2. The number of phenols is 1. The summed E-state index contributed by atoms with van der Waals surface area (Å²) in [5.41, 5.74) is 4.50. The molecular weight excluding hydrogens is 262 g/mol. The average molecular weight is 285 g/mol. The monoisotopic (exact) mass is 285 g/mol. The molecule has 0 aliphatic heterocycles. The fourth-order valence-electron chi connectivity index (χ4n) is 2.44. The number of hydrogen-bond acceptors (Lipinski definition) is 3. The molecule has 3 heteroatoms. The van der Waals surface area contributed by atoms with Gasteiger partial charge in [0, 0.05) is 17.8 Å². The van der Waals surface area contributed by atoms with Gasteiger partial charge in [-0.05, 0) is 37.5 Å². The molecule has 0 aliphatic carbocycles. The Bertz CT molecular complexity index is 608. The third kappa shape index (κ3) is 3.48. The van der Waals surface area contributed by atoms with Gasteiger partial charge in [0.1, 0.15) is 0 Å². The molecule has 0 saturated carbocycles. The molecule has 0 aromatic heterocycles. The van der Waals surface area contributed by atoms with E-state index in [0.717, 1.165) is 17.7 Å². The highest BCUT2D eigenvalue weighted by Gasteiger charge is 2.09. The Morgan fingerprint density at radius 3 is 2.48 bits per heavy atom. The fraction of sp³-hybridized carbons (Fsp3) is 0.333. The van der Waals surface area contributed by atoms with Gasteiger partial charge in [0.2, 0.25) is 0 Å². The van der Waals surface area contributed by atoms with E-state index < -0.39 is 0 Å². The van der Waals surface area contributed by atoms with E-state index in [1.807, 2.05) is 19.1 Å². The number of ether oxygens (including phenoxy) is 1. The highest BCUT2D eigenvalue weighted by atomic mass is 16.5. The van der Waals surface area contributed by atoms with Crippen LogP contribution in [0.4, 0.5) is 5.69 Å². The Kier molecular flexibility index (Phi) is 5.09. The van der Waals surface area contributed by atoms with Gasteiger partial charge in [0.15, 0.2) is 11.5 Å². The molecule has 2 N–H and O–H groups in total. The first-order valence-corrected chi connectivity index (χ1v) is 7.43. The molecule has 2 rings (SSSR count). The van der Waals surface area contributed by atoms with Crippen LogP contribution in [-0.4, -0.2) is 11.7 Å². The van der Waals surface area contributed by atoms with Crippen molar-refractivity contribution in [2.24, 2.45) is 0 Å². The zero-order valence-corrected chi connectivity index (χ0v) is 12.9. The van der Waals surface area contributed by atoms with E-state index in [1.165, 1.54) is 11.1 Å². The standard InChI is InChI=1S/C18H23NO2/c1-4-14-9-6-8-13(3)17(14)19-12-15-10-7-11-16(18(15)20)21-5-2/h6-11,19-20H,4-5,12H2,1-3H3. The van der Waals surface area contributed by atoms with Gasteiger partial charge in [-0.3, -0.25) is 0 Å². The van der Waals surface area contributed by atoms with E-state index in [9.17, 15) is 5.11 Å². The zero-order valence-electron chi connectivity index (χ0n) is 12.9. The highest BCUT2D eigenvalue weighted by Crippen LogP contribution is 2.31. The first-order chi connectivity index (χ1) is 10.2. The SMILES string of the molecule is CCOc1cccc(CNc2c(C)cccc2CC)c1O. The summed E-state index contributed by atoms with van der Waals surface area (Å²) in [6, 6.07) is 11.9. The summed E-state index contributed by atoms with van der Waals surface area (Å²) >= 11 is 0. The maximum Gasteiger partial charge on any atom is 0.162 e. The molecule has 0 unspecified atom stereocenters. The molecule has 0 fully saturated rings. The van der Waals surface area contributed by atoms with Gasteiger partial charge in [0.25, 0.3) is 0 Å². The predicted molar refractivity (Wildman–Crippen MR) is 87.2 cm³/mol. The fourth-order valence-corrected chi connectivity index (χ4v) is 2.44. The number of aryl methyl sites for hydroxylation is 2.